The second-order valence-electron chi connectivity index (χ2n) is 6.30. The van der Waals surface area contributed by atoms with Gasteiger partial charge in [0.2, 0.25) is 5.91 Å². The SMILES string of the molecule is CNC(C)CNC(=O)C1CCCN(C(=O)NCC(C)C)C1. The average Bonchev–Trinajstić information content (AvgIpc) is 2.49. The van der Waals surface area contributed by atoms with Crippen LogP contribution in [-0.2, 0) is 4.79 Å². The highest BCUT2D eigenvalue weighted by Crippen LogP contribution is 2.16. The van der Waals surface area contributed by atoms with Gasteiger partial charge in [-0.25, -0.2) is 4.79 Å². The lowest BCUT2D eigenvalue weighted by Gasteiger charge is -2.32. The predicted octanol–water partition coefficient (Wildman–Crippen LogP) is 0.788. The number of piperidine rings is 1. The largest absolute Gasteiger partial charge is 0.354 e. The molecule has 1 heterocycles. The van der Waals surface area contributed by atoms with E-state index in [2.05, 4.69) is 29.8 Å². The van der Waals surface area contributed by atoms with Gasteiger partial charge in [-0.05, 0) is 32.7 Å². The number of likely N-dealkylation sites (N-methyl/N-ethyl adjacent to an activating group) is 1. The Morgan fingerprint density at radius 3 is 2.52 bits per heavy atom. The van der Waals surface area contributed by atoms with E-state index in [0.29, 0.717) is 25.6 Å². The van der Waals surface area contributed by atoms with E-state index >= 15 is 0 Å². The van der Waals surface area contributed by atoms with E-state index in [0.717, 1.165) is 19.4 Å². The van der Waals surface area contributed by atoms with Crippen molar-refractivity contribution >= 4 is 11.9 Å². The van der Waals surface area contributed by atoms with Crippen LogP contribution in [0.25, 0.3) is 0 Å². The molecule has 0 aromatic carbocycles. The minimum Gasteiger partial charge on any atom is -0.354 e. The molecule has 0 radical (unpaired) electrons. The number of amides is 3. The summed E-state index contributed by atoms with van der Waals surface area (Å²) in [6, 6.07) is 0.202. The Bertz CT molecular complexity index is 347. The molecule has 2 unspecified atom stereocenters. The minimum absolute atomic E-state index is 0.0511. The van der Waals surface area contributed by atoms with E-state index < -0.39 is 0 Å². The van der Waals surface area contributed by atoms with Crippen LogP contribution < -0.4 is 16.0 Å². The average molecular weight is 298 g/mol. The standard InChI is InChI=1S/C15H30N4O2/c1-11(2)8-18-15(21)19-7-5-6-13(10-19)14(20)17-9-12(3)16-4/h11-13,16H,5-10H2,1-4H3,(H,17,20)(H,18,21). The van der Waals surface area contributed by atoms with Gasteiger partial charge in [-0.1, -0.05) is 13.8 Å². The molecule has 6 nitrogen and oxygen atoms in total. The van der Waals surface area contributed by atoms with Crippen molar-refractivity contribution < 1.29 is 9.59 Å². The number of nitrogens with one attached hydrogen (secondary N) is 3. The Morgan fingerprint density at radius 1 is 1.19 bits per heavy atom. The molecular formula is C15H30N4O2. The van der Waals surface area contributed by atoms with E-state index in [1.165, 1.54) is 0 Å². The number of carbonyl (C=O) groups is 2. The van der Waals surface area contributed by atoms with Gasteiger partial charge in [-0.2, -0.15) is 0 Å². The van der Waals surface area contributed by atoms with Crippen LogP contribution >= 0.6 is 0 Å². The van der Waals surface area contributed by atoms with Crippen molar-refractivity contribution in [2.24, 2.45) is 11.8 Å². The molecule has 0 spiro atoms. The summed E-state index contributed by atoms with van der Waals surface area (Å²) in [6.07, 6.45) is 1.74. The fraction of sp³-hybridized carbons (Fsp3) is 0.867. The van der Waals surface area contributed by atoms with Crippen LogP contribution in [0.2, 0.25) is 0 Å². The predicted molar refractivity (Wildman–Crippen MR) is 84.1 cm³/mol. The maximum absolute atomic E-state index is 12.2. The minimum atomic E-state index is -0.0902. The summed E-state index contributed by atoms with van der Waals surface area (Å²) in [5.74, 6) is 0.395. The van der Waals surface area contributed by atoms with Crippen LogP contribution in [0.4, 0.5) is 4.79 Å². The van der Waals surface area contributed by atoms with Gasteiger partial charge in [-0.3, -0.25) is 4.79 Å². The molecule has 0 aliphatic carbocycles. The lowest BCUT2D eigenvalue weighted by atomic mass is 9.97. The van der Waals surface area contributed by atoms with Crippen LogP contribution in [0.5, 0.6) is 0 Å². The van der Waals surface area contributed by atoms with Crippen molar-refractivity contribution in [1.29, 1.82) is 0 Å². The van der Waals surface area contributed by atoms with E-state index in [9.17, 15) is 9.59 Å². The number of urea groups is 1. The molecule has 6 heteroatoms. The van der Waals surface area contributed by atoms with Gasteiger partial charge >= 0.3 is 6.03 Å². The first-order valence-corrected chi connectivity index (χ1v) is 7.91. The second-order valence-corrected chi connectivity index (χ2v) is 6.30. The van der Waals surface area contributed by atoms with Crippen LogP contribution in [0, 0.1) is 11.8 Å². The fourth-order valence-electron chi connectivity index (χ4n) is 2.28. The third-order valence-corrected chi connectivity index (χ3v) is 3.82. The first kappa shape index (κ1) is 17.8. The molecule has 1 aliphatic rings. The van der Waals surface area contributed by atoms with Gasteiger partial charge in [0.1, 0.15) is 0 Å². The third kappa shape index (κ3) is 6.33. The number of carbonyl (C=O) groups excluding carboxylic acids is 2. The van der Waals surface area contributed by atoms with E-state index in [1.54, 1.807) is 4.90 Å². The summed E-state index contributed by atoms with van der Waals surface area (Å²) in [5.41, 5.74) is 0. The highest BCUT2D eigenvalue weighted by molar-refractivity contribution is 5.80. The molecule has 1 aliphatic heterocycles. The van der Waals surface area contributed by atoms with Crippen molar-refractivity contribution in [3.05, 3.63) is 0 Å². The van der Waals surface area contributed by atoms with Crippen molar-refractivity contribution in [2.45, 2.75) is 39.7 Å². The molecule has 0 aromatic heterocycles. The van der Waals surface area contributed by atoms with Crippen molar-refractivity contribution in [3.8, 4) is 0 Å². The second kappa shape index (κ2) is 8.87. The van der Waals surface area contributed by atoms with Gasteiger partial charge in [0.05, 0.1) is 5.92 Å². The normalized spacial score (nSPS) is 20.2. The summed E-state index contributed by atoms with van der Waals surface area (Å²) < 4.78 is 0. The lowest BCUT2D eigenvalue weighted by Crippen LogP contribution is -2.50. The highest BCUT2D eigenvalue weighted by atomic mass is 16.2. The molecule has 0 saturated carbocycles. The maximum atomic E-state index is 12.2. The smallest absolute Gasteiger partial charge is 0.317 e. The fourth-order valence-corrected chi connectivity index (χ4v) is 2.28. The zero-order valence-corrected chi connectivity index (χ0v) is 13.7. The number of rotatable bonds is 6. The molecular weight excluding hydrogens is 268 g/mol. The molecule has 0 aromatic rings. The Hall–Kier alpha value is -1.30. The third-order valence-electron chi connectivity index (χ3n) is 3.82. The summed E-state index contributed by atoms with van der Waals surface area (Å²) in [4.78, 5) is 26.0. The van der Waals surface area contributed by atoms with Gasteiger partial charge in [0, 0.05) is 32.2 Å². The molecule has 2 atom stereocenters. The Morgan fingerprint density at radius 2 is 1.90 bits per heavy atom. The van der Waals surface area contributed by atoms with Crippen LogP contribution in [0.15, 0.2) is 0 Å². The van der Waals surface area contributed by atoms with Crippen LogP contribution in [0.1, 0.15) is 33.6 Å². The number of hydrogen-bond acceptors (Lipinski definition) is 3. The molecule has 1 saturated heterocycles. The number of hydrogen-bond donors (Lipinski definition) is 3. The summed E-state index contributed by atoms with van der Waals surface area (Å²) in [7, 11) is 1.87. The monoisotopic (exact) mass is 298 g/mol. The first-order chi connectivity index (χ1) is 9.93. The van der Waals surface area contributed by atoms with Crippen LogP contribution in [-0.4, -0.2) is 56.1 Å². The summed E-state index contributed by atoms with van der Waals surface area (Å²) in [5, 5.41) is 8.96. The Kier molecular flexibility index (Phi) is 7.50. The highest BCUT2D eigenvalue weighted by Gasteiger charge is 2.28. The molecule has 1 fully saturated rings. The lowest BCUT2D eigenvalue weighted by molar-refractivity contribution is -0.126. The van der Waals surface area contributed by atoms with E-state index in [4.69, 9.17) is 0 Å². The summed E-state index contributed by atoms with van der Waals surface area (Å²) in [6.45, 7) is 8.69. The molecule has 3 N–H and O–H groups in total. The van der Waals surface area contributed by atoms with Crippen molar-refractivity contribution in [3.63, 3.8) is 0 Å². The first-order valence-electron chi connectivity index (χ1n) is 7.91. The van der Waals surface area contributed by atoms with Crippen molar-refractivity contribution in [2.75, 3.05) is 33.2 Å². The number of likely N-dealkylation sites (tertiary alicyclic amines) is 1. The Balaban J connectivity index is 2.40. The molecule has 0 bridgehead atoms. The molecule has 122 valence electrons. The van der Waals surface area contributed by atoms with Gasteiger partial charge < -0.3 is 20.9 Å². The van der Waals surface area contributed by atoms with Crippen molar-refractivity contribution in [1.82, 2.24) is 20.9 Å². The molecule has 21 heavy (non-hydrogen) atoms. The van der Waals surface area contributed by atoms with Gasteiger partial charge in [0.15, 0.2) is 0 Å². The zero-order valence-electron chi connectivity index (χ0n) is 13.7. The van der Waals surface area contributed by atoms with E-state index in [-0.39, 0.29) is 23.9 Å². The quantitative estimate of drug-likeness (QED) is 0.679. The number of nitrogens with zero attached hydrogens (tertiary/aromatic N) is 1. The summed E-state index contributed by atoms with van der Waals surface area (Å²) >= 11 is 0. The topological polar surface area (TPSA) is 73.5 Å². The van der Waals surface area contributed by atoms with E-state index in [1.807, 2.05) is 14.0 Å². The Labute approximate surface area is 128 Å². The molecule has 3 amide bonds. The van der Waals surface area contributed by atoms with Crippen LogP contribution in [0.3, 0.4) is 0 Å². The van der Waals surface area contributed by atoms with Gasteiger partial charge in [-0.15, -0.1) is 0 Å². The maximum Gasteiger partial charge on any atom is 0.317 e. The zero-order chi connectivity index (χ0) is 15.8. The molecule has 1 rings (SSSR count). The van der Waals surface area contributed by atoms with Gasteiger partial charge in [0.25, 0.3) is 0 Å².